The molecule has 1 N–H and O–H groups in total. The molecule has 0 aromatic heterocycles. The molecule has 1 heterocycles. The minimum absolute atomic E-state index is 0.192. The minimum Gasteiger partial charge on any atom is -0.493 e. The Bertz CT molecular complexity index is 436. The van der Waals surface area contributed by atoms with E-state index >= 15 is 0 Å². The van der Waals surface area contributed by atoms with Crippen LogP contribution in [0.2, 0.25) is 0 Å². The van der Waals surface area contributed by atoms with Crippen LogP contribution in [0, 0.1) is 0 Å². The molecule has 0 saturated heterocycles. The van der Waals surface area contributed by atoms with Crippen molar-refractivity contribution in [3.05, 3.63) is 28.2 Å². The molecule has 0 spiro atoms. The second-order valence-corrected chi connectivity index (χ2v) is 5.89. The van der Waals surface area contributed by atoms with Gasteiger partial charge in [-0.05, 0) is 38.8 Å². The lowest BCUT2D eigenvalue weighted by atomic mass is 10.0. The predicted octanol–water partition coefficient (Wildman–Crippen LogP) is 3.65. The average molecular weight is 358 g/mol. The maximum Gasteiger partial charge on any atom is 0.169 e. The first-order valence-corrected chi connectivity index (χ1v) is 8.42. The Balaban J connectivity index is 2.02. The van der Waals surface area contributed by atoms with Gasteiger partial charge in [0.15, 0.2) is 6.29 Å². The third-order valence-corrected chi connectivity index (χ3v) is 3.98. The van der Waals surface area contributed by atoms with Gasteiger partial charge >= 0.3 is 0 Å². The number of nitrogens with one attached hydrogen (secondary N) is 1. The van der Waals surface area contributed by atoms with Crippen LogP contribution >= 0.6 is 15.9 Å². The Kier molecular flexibility index (Phi) is 6.96. The summed E-state index contributed by atoms with van der Waals surface area (Å²) in [4.78, 5) is 0. The van der Waals surface area contributed by atoms with E-state index in [0.29, 0.717) is 19.8 Å². The molecule has 0 fully saturated rings. The molecule has 5 heteroatoms. The Morgan fingerprint density at radius 2 is 2.10 bits per heavy atom. The third-order valence-electron chi connectivity index (χ3n) is 3.48. The van der Waals surface area contributed by atoms with Crippen molar-refractivity contribution in [2.24, 2.45) is 0 Å². The number of benzene rings is 1. The number of hydrogen-bond donors (Lipinski definition) is 1. The van der Waals surface area contributed by atoms with Crippen LogP contribution in [0.3, 0.4) is 0 Å². The van der Waals surface area contributed by atoms with Gasteiger partial charge in [-0.15, -0.1) is 0 Å². The van der Waals surface area contributed by atoms with E-state index in [4.69, 9.17) is 14.2 Å². The van der Waals surface area contributed by atoms with Gasteiger partial charge in [0.1, 0.15) is 5.75 Å². The van der Waals surface area contributed by atoms with Crippen molar-refractivity contribution in [2.75, 3.05) is 26.4 Å². The highest BCUT2D eigenvalue weighted by molar-refractivity contribution is 9.10. The molecule has 1 unspecified atom stereocenters. The third kappa shape index (κ3) is 4.95. The highest BCUT2D eigenvalue weighted by atomic mass is 79.9. The van der Waals surface area contributed by atoms with E-state index < -0.39 is 0 Å². The van der Waals surface area contributed by atoms with Crippen LogP contribution in [0.15, 0.2) is 22.7 Å². The summed E-state index contributed by atoms with van der Waals surface area (Å²) in [6.45, 7) is 6.73. The highest BCUT2D eigenvalue weighted by Gasteiger charge is 2.21. The molecular formula is C16H24BrNO3. The Morgan fingerprint density at radius 1 is 1.33 bits per heavy atom. The summed E-state index contributed by atoms with van der Waals surface area (Å²) in [6.07, 6.45) is 1.90. The molecule has 1 aliphatic heterocycles. The van der Waals surface area contributed by atoms with Crippen molar-refractivity contribution < 1.29 is 14.2 Å². The topological polar surface area (TPSA) is 39.7 Å². The van der Waals surface area contributed by atoms with Crippen LogP contribution in [0.5, 0.6) is 5.75 Å². The maximum absolute atomic E-state index is 5.83. The summed E-state index contributed by atoms with van der Waals surface area (Å²) in [6, 6.07) is 6.50. The van der Waals surface area contributed by atoms with Crippen molar-refractivity contribution in [2.45, 2.75) is 39.0 Å². The Labute approximate surface area is 135 Å². The van der Waals surface area contributed by atoms with Gasteiger partial charge < -0.3 is 19.5 Å². The zero-order valence-electron chi connectivity index (χ0n) is 12.7. The van der Waals surface area contributed by atoms with Crippen LogP contribution in [0.25, 0.3) is 0 Å². The minimum atomic E-state index is -0.192. The van der Waals surface area contributed by atoms with Crippen LogP contribution in [-0.4, -0.2) is 32.7 Å². The van der Waals surface area contributed by atoms with Gasteiger partial charge in [0.25, 0.3) is 0 Å². The number of rotatable bonds is 7. The standard InChI is InChI=1S/C16H24BrNO3/c1-3-19-16(20-4-2)11-18-14-6-5-9-21-15-10-12(17)7-8-13(14)15/h7-8,10,14,16,18H,3-6,9,11H2,1-2H3. The lowest BCUT2D eigenvalue weighted by molar-refractivity contribution is -0.133. The second kappa shape index (κ2) is 8.73. The quantitative estimate of drug-likeness (QED) is 0.756. The Hall–Kier alpha value is -0.620. The summed E-state index contributed by atoms with van der Waals surface area (Å²) >= 11 is 3.50. The summed E-state index contributed by atoms with van der Waals surface area (Å²) in [5.74, 6) is 0.962. The summed E-state index contributed by atoms with van der Waals surface area (Å²) in [5.41, 5.74) is 1.21. The van der Waals surface area contributed by atoms with Crippen LogP contribution < -0.4 is 10.1 Å². The van der Waals surface area contributed by atoms with Crippen LogP contribution in [0.1, 0.15) is 38.3 Å². The van der Waals surface area contributed by atoms with E-state index in [0.717, 1.165) is 29.7 Å². The summed E-state index contributed by atoms with van der Waals surface area (Å²) in [7, 11) is 0. The molecule has 2 rings (SSSR count). The fourth-order valence-electron chi connectivity index (χ4n) is 2.53. The zero-order valence-corrected chi connectivity index (χ0v) is 14.3. The molecular weight excluding hydrogens is 334 g/mol. The second-order valence-electron chi connectivity index (χ2n) is 4.97. The van der Waals surface area contributed by atoms with Gasteiger partial charge in [-0.1, -0.05) is 22.0 Å². The van der Waals surface area contributed by atoms with Gasteiger partial charge in [-0.3, -0.25) is 0 Å². The normalized spacial score (nSPS) is 18.2. The van der Waals surface area contributed by atoms with E-state index in [1.165, 1.54) is 5.56 Å². The molecule has 0 amide bonds. The molecule has 0 saturated carbocycles. The first kappa shape index (κ1) is 16.7. The lowest BCUT2D eigenvalue weighted by Gasteiger charge is -2.23. The molecule has 4 nitrogen and oxygen atoms in total. The van der Waals surface area contributed by atoms with Gasteiger partial charge in [-0.25, -0.2) is 0 Å². The molecule has 0 aliphatic carbocycles. The molecule has 21 heavy (non-hydrogen) atoms. The van der Waals surface area contributed by atoms with Crippen LogP contribution in [0.4, 0.5) is 0 Å². The SMILES string of the molecule is CCOC(CNC1CCCOc2cc(Br)ccc21)OCC. The molecule has 0 bridgehead atoms. The molecule has 1 aromatic carbocycles. The zero-order chi connectivity index (χ0) is 15.1. The molecule has 1 aromatic rings. The van der Waals surface area contributed by atoms with Gasteiger partial charge in [-0.2, -0.15) is 0 Å². The number of halogens is 1. The van der Waals surface area contributed by atoms with E-state index in [-0.39, 0.29) is 12.3 Å². The van der Waals surface area contributed by atoms with E-state index in [1.807, 2.05) is 19.9 Å². The average Bonchev–Trinajstić information content (AvgIpc) is 2.67. The fourth-order valence-corrected chi connectivity index (χ4v) is 2.87. The van der Waals surface area contributed by atoms with Crippen molar-refractivity contribution in [1.82, 2.24) is 5.32 Å². The molecule has 0 radical (unpaired) electrons. The molecule has 1 atom stereocenters. The fraction of sp³-hybridized carbons (Fsp3) is 0.625. The van der Waals surface area contributed by atoms with Crippen molar-refractivity contribution in [3.63, 3.8) is 0 Å². The smallest absolute Gasteiger partial charge is 0.169 e. The molecule has 118 valence electrons. The van der Waals surface area contributed by atoms with E-state index in [1.54, 1.807) is 0 Å². The van der Waals surface area contributed by atoms with Crippen LogP contribution in [-0.2, 0) is 9.47 Å². The molecule has 1 aliphatic rings. The summed E-state index contributed by atoms with van der Waals surface area (Å²) in [5, 5.41) is 3.56. The predicted molar refractivity (Wildman–Crippen MR) is 86.7 cm³/mol. The van der Waals surface area contributed by atoms with Gasteiger partial charge in [0, 0.05) is 35.8 Å². The van der Waals surface area contributed by atoms with Crippen molar-refractivity contribution >= 4 is 15.9 Å². The van der Waals surface area contributed by atoms with Crippen molar-refractivity contribution in [1.29, 1.82) is 0 Å². The highest BCUT2D eigenvalue weighted by Crippen LogP contribution is 2.33. The van der Waals surface area contributed by atoms with E-state index in [2.05, 4.69) is 33.4 Å². The number of hydrogen-bond acceptors (Lipinski definition) is 4. The largest absolute Gasteiger partial charge is 0.493 e. The summed E-state index contributed by atoms with van der Waals surface area (Å²) < 4.78 is 18.1. The number of ether oxygens (including phenoxy) is 3. The number of fused-ring (bicyclic) bond motifs is 1. The first-order chi connectivity index (χ1) is 10.2. The first-order valence-electron chi connectivity index (χ1n) is 7.63. The van der Waals surface area contributed by atoms with E-state index in [9.17, 15) is 0 Å². The van der Waals surface area contributed by atoms with Crippen molar-refractivity contribution in [3.8, 4) is 5.75 Å². The lowest BCUT2D eigenvalue weighted by Crippen LogP contribution is -2.34. The monoisotopic (exact) mass is 357 g/mol. The van der Waals surface area contributed by atoms with Gasteiger partial charge in [0.05, 0.1) is 6.61 Å². The maximum atomic E-state index is 5.83. The Morgan fingerprint density at radius 3 is 2.81 bits per heavy atom. The van der Waals surface area contributed by atoms with Gasteiger partial charge in [0.2, 0.25) is 0 Å².